The van der Waals surface area contributed by atoms with Gasteiger partial charge in [-0.15, -0.1) is 12.4 Å². The van der Waals surface area contributed by atoms with Crippen molar-refractivity contribution in [3.63, 3.8) is 0 Å². The van der Waals surface area contributed by atoms with Gasteiger partial charge in [0.1, 0.15) is 5.82 Å². The largest absolute Gasteiger partial charge is 0.331 e. The molecule has 0 aliphatic heterocycles. The van der Waals surface area contributed by atoms with E-state index in [0.717, 1.165) is 12.4 Å². The van der Waals surface area contributed by atoms with E-state index in [1.54, 1.807) is 0 Å². The smallest absolute Gasteiger partial charge is 0.105 e. The standard InChI is InChI=1S/C19H19N3.ClH/c1-14-21-7-8-22(14)13-15-9-19(12-20-11-15)18-6-5-16-3-2-4-17(16)10-18;/h5-12H,2-4,13H2,1H3;1H. The average Bonchev–Trinajstić information content (AvgIpc) is 3.16. The Morgan fingerprint density at radius 3 is 2.74 bits per heavy atom. The highest BCUT2D eigenvalue weighted by Gasteiger charge is 2.11. The maximum atomic E-state index is 4.43. The summed E-state index contributed by atoms with van der Waals surface area (Å²) in [7, 11) is 0. The van der Waals surface area contributed by atoms with Crippen LogP contribution in [0.2, 0.25) is 0 Å². The summed E-state index contributed by atoms with van der Waals surface area (Å²) in [5.74, 6) is 1.03. The first-order chi connectivity index (χ1) is 10.8. The van der Waals surface area contributed by atoms with Gasteiger partial charge in [0.15, 0.2) is 0 Å². The number of halogens is 1. The molecule has 2 aromatic heterocycles. The van der Waals surface area contributed by atoms with Crippen molar-refractivity contribution >= 4 is 12.4 Å². The number of hydrogen-bond acceptors (Lipinski definition) is 2. The number of rotatable bonds is 3. The zero-order valence-corrected chi connectivity index (χ0v) is 14.0. The van der Waals surface area contributed by atoms with Gasteiger partial charge in [-0.1, -0.05) is 18.2 Å². The van der Waals surface area contributed by atoms with E-state index >= 15 is 0 Å². The molecule has 4 rings (SSSR count). The van der Waals surface area contributed by atoms with E-state index < -0.39 is 0 Å². The number of benzene rings is 1. The minimum absolute atomic E-state index is 0. The molecule has 3 nitrogen and oxygen atoms in total. The van der Waals surface area contributed by atoms with Crippen molar-refractivity contribution < 1.29 is 0 Å². The van der Waals surface area contributed by atoms with Crippen LogP contribution in [-0.4, -0.2) is 14.5 Å². The quantitative estimate of drug-likeness (QED) is 0.722. The van der Waals surface area contributed by atoms with Gasteiger partial charge in [-0.25, -0.2) is 4.98 Å². The summed E-state index contributed by atoms with van der Waals surface area (Å²) in [6, 6.07) is 9.09. The van der Waals surface area contributed by atoms with Crippen LogP contribution in [0.4, 0.5) is 0 Å². The van der Waals surface area contributed by atoms with Crippen LogP contribution in [0.5, 0.6) is 0 Å². The molecule has 0 spiro atoms. The van der Waals surface area contributed by atoms with Gasteiger partial charge in [0.25, 0.3) is 0 Å². The average molecular weight is 326 g/mol. The minimum atomic E-state index is 0. The van der Waals surface area contributed by atoms with Crippen molar-refractivity contribution in [2.75, 3.05) is 0 Å². The summed E-state index contributed by atoms with van der Waals surface area (Å²) >= 11 is 0. The molecule has 1 aromatic carbocycles. The zero-order valence-electron chi connectivity index (χ0n) is 13.2. The molecule has 0 saturated carbocycles. The molecule has 4 heteroatoms. The van der Waals surface area contributed by atoms with Crippen molar-refractivity contribution in [1.82, 2.24) is 14.5 Å². The third-order valence-electron chi connectivity index (χ3n) is 4.50. The molecule has 0 saturated heterocycles. The van der Waals surface area contributed by atoms with E-state index in [0.29, 0.717) is 0 Å². The number of hydrogen-bond donors (Lipinski definition) is 0. The Morgan fingerprint density at radius 1 is 1.04 bits per heavy atom. The van der Waals surface area contributed by atoms with Crippen LogP contribution in [-0.2, 0) is 19.4 Å². The van der Waals surface area contributed by atoms with Gasteiger partial charge in [-0.3, -0.25) is 4.98 Å². The molecule has 2 heterocycles. The molecule has 0 fully saturated rings. The van der Waals surface area contributed by atoms with E-state index in [4.69, 9.17) is 0 Å². The Bertz CT molecular complexity index is 823. The molecule has 0 bridgehead atoms. The number of pyridine rings is 1. The fourth-order valence-electron chi connectivity index (χ4n) is 3.25. The van der Waals surface area contributed by atoms with Gasteiger partial charge in [0.2, 0.25) is 0 Å². The number of nitrogens with zero attached hydrogens (tertiary/aromatic N) is 3. The zero-order chi connectivity index (χ0) is 14.9. The van der Waals surface area contributed by atoms with E-state index in [9.17, 15) is 0 Å². The second-order valence-corrected chi connectivity index (χ2v) is 6.02. The van der Waals surface area contributed by atoms with E-state index in [-0.39, 0.29) is 12.4 Å². The Labute approximate surface area is 142 Å². The molecule has 0 unspecified atom stereocenters. The van der Waals surface area contributed by atoms with Crippen LogP contribution in [0.3, 0.4) is 0 Å². The molecular weight excluding hydrogens is 306 g/mol. The Balaban J connectivity index is 0.00000156. The van der Waals surface area contributed by atoms with Crippen molar-refractivity contribution in [3.05, 3.63) is 71.6 Å². The summed E-state index contributed by atoms with van der Waals surface area (Å²) in [6.07, 6.45) is 11.5. The van der Waals surface area contributed by atoms with Gasteiger partial charge >= 0.3 is 0 Å². The Kier molecular flexibility index (Phi) is 4.49. The van der Waals surface area contributed by atoms with Crippen molar-refractivity contribution in [2.24, 2.45) is 0 Å². The number of fused-ring (bicyclic) bond motifs is 1. The van der Waals surface area contributed by atoms with Gasteiger partial charge in [-0.05, 0) is 54.5 Å². The predicted octanol–water partition coefficient (Wildman–Crippen LogP) is 4.21. The molecule has 0 amide bonds. The van der Waals surface area contributed by atoms with Crippen LogP contribution in [0.25, 0.3) is 11.1 Å². The Hall–Kier alpha value is -2.13. The van der Waals surface area contributed by atoms with Crippen LogP contribution >= 0.6 is 12.4 Å². The summed E-state index contributed by atoms with van der Waals surface area (Å²) in [5.41, 5.74) is 6.71. The van der Waals surface area contributed by atoms with Crippen molar-refractivity contribution in [3.8, 4) is 11.1 Å². The monoisotopic (exact) mass is 325 g/mol. The molecule has 3 aromatic rings. The lowest BCUT2D eigenvalue weighted by Gasteiger charge is -2.09. The first kappa shape index (κ1) is 15.8. The fourth-order valence-corrected chi connectivity index (χ4v) is 3.25. The second-order valence-electron chi connectivity index (χ2n) is 6.02. The van der Waals surface area contributed by atoms with Gasteiger partial charge in [0, 0.05) is 30.4 Å². The maximum absolute atomic E-state index is 4.43. The molecule has 1 aliphatic carbocycles. The normalized spacial score (nSPS) is 12.7. The summed E-state index contributed by atoms with van der Waals surface area (Å²) < 4.78 is 2.14. The summed E-state index contributed by atoms with van der Waals surface area (Å²) in [4.78, 5) is 8.71. The predicted molar refractivity (Wildman–Crippen MR) is 95.0 cm³/mol. The molecule has 118 valence electrons. The first-order valence-electron chi connectivity index (χ1n) is 7.83. The lowest BCUT2D eigenvalue weighted by Crippen LogP contribution is -2.01. The highest BCUT2D eigenvalue weighted by molar-refractivity contribution is 5.85. The molecule has 1 aliphatic rings. The molecule has 0 N–H and O–H groups in total. The number of imidazole rings is 1. The summed E-state index contributed by atoms with van der Waals surface area (Å²) in [5, 5.41) is 0. The van der Waals surface area contributed by atoms with Crippen LogP contribution < -0.4 is 0 Å². The maximum Gasteiger partial charge on any atom is 0.105 e. The third-order valence-corrected chi connectivity index (χ3v) is 4.50. The number of aromatic nitrogens is 3. The van der Waals surface area contributed by atoms with Crippen molar-refractivity contribution in [2.45, 2.75) is 32.7 Å². The van der Waals surface area contributed by atoms with E-state index in [2.05, 4.69) is 38.8 Å². The van der Waals surface area contributed by atoms with Gasteiger partial charge in [-0.2, -0.15) is 0 Å². The summed E-state index contributed by atoms with van der Waals surface area (Å²) in [6.45, 7) is 2.84. The van der Waals surface area contributed by atoms with Crippen LogP contribution in [0.15, 0.2) is 49.1 Å². The van der Waals surface area contributed by atoms with Crippen molar-refractivity contribution in [1.29, 1.82) is 0 Å². The minimum Gasteiger partial charge on any atom is -0.331 e. The van der Waals surface area contributed by atoms with Crippen LogP contribution in [0.1, 0.15) is 28.9 Å². The molecule has 0 atom stereocenters. The Morgan fingerprint density at radius 2 is 1.91 bits per heavy atom. The van der Waals surface area contributed by atoms with E-state index in [1.807, 2.05) is 31.7 Å². The topological polar surface area (TPSA) is 30.7 Å². The van der Waals surface area contributed by atoms with Gasteiger partial charge in [0.05, 0.1) is 6.54 Å². The van der Waals surface area contributed by atoms with E-state index in [1.165, 1.54) is 47.1 Å². The highest BCUT2D eigenvalue weighted by atomic mass is 35.5. The molecule has 0 radical (unpaired) electrons. The fraction of sp³-hybridized carbons (Fsp3) is 0.263. The lowest BCUT2D eigenvalue weighted by molar-refractivity contribution is 0.759. The molecule has 23 heavy (non-hydrogen) atoms. The van der Waals surface area contributed by atoms with Crippen LogP contribution in [0, 0.1) is 6.92 Å². The third kappa shape index (κ3) is 3.15. The molecular formula is C19H20ClN3. The SMILES string of the molecule is Cc1nccn1Cc1cncc(-c2ccc3c(c2)CCC3)c1.Cl. The first-order valence-corrected chi connectivity index (χ1v) is 7.83. The lowest BCUT2D eigenvalue weighted by atomic mass is 10.0. The van der Waals surface area contributed by atoms with Gasteiger partial charge < -0.3 is 4.57 Å². The number of aryl methyl sites for hydroxylation is 3. The second kappa shape index (κ2) is 6.55. The highest BCUT2D eigenvalue weighted by Crippen LogP contribution is 2.28.